The van der Waals surface area contributed by atoms with Crippen LogP contribution >= 0.6 is 11.3 Å². The fraction of sp³-hybridized carbons (Fsp3) is 0.278. The summed E-state index contributed by atoms with van der Waals surface area (Å²) in [7, 11) is 0. The molecule has 24 heavy (non-hydrogen) atoms. The van der Waals surface area contributed by atoms with Gasteiger partial charge in [0.25, 0.3) is 5.91 Å². The number of hydrogen-bond acceptors (Lipinski definition) is 5. The quantitative estimate of drug-likeness (QED) is 0.786. The molecule has 1 aliphatic heterocycles. The highest BCUT2D eigenvalue weighted by Gasteiger charge is 2.15. The number of anilines is 2. The van der Waals surface area contributed by atoms with Gasteiger partial charge >= 0.3 is 0 Å². The molecule has 3 heterocycles. The van der Waals surface area contributed by atoms with Crippen LogP contribution in [0.4, 0.5) is 11.5 Å². The predicted octanol–water partition coefficient (Wildman–Crippen LogP) is 3.93. The number of hydrogen-bond donors (Lipinski definition) is 1. The second kappa shape index (κ2) is 6.57. The van der Waals surface area contributed by atoms with Crippen LogP contribution in [0.1, 0.15) is 29.6 Å². The highest BCUT2D eigenvalue weighted by molar-refractivity contribution is 7.08. The Balaban J connectivity index is 1.63. The predicted molar refractivity (Wildman–Crippen MR) is 97.9 cm³/mol. The van der Waals surface area contributed by atoms with Crippen LogP contribution in [0, 0.1) is 0 Å². The van der Waals surface area contributed by atoms with Gasteiger partial charge in [0.2, 0.25) is 0 Å². The molecular weight excluding hydrogens is 320 g/mol. The van der Waals surface area contributed by atoms with Gasteiger partial charge in [-0.1, -0.05) is 0 Å². The highest BCUT2D eigenvalue weighted by Crippen LogP contribution is 2.27. The van der Waals surface area contributed by atoms with E-state index in [-0.39, 0.29) is 5.91 Å². The van der Waals surface area contributed by atoms with Crippen molar-refractivity contribution in [3.05, 3.63) is 46.9 Å². The molecule has 0 bridgehead atoms. The van der Waals surface area contributed by atoms with E-state index in [1.165, 1.54) is 30.6 Å². The number of benzene rings is 1. The molecule has 1 saturated heterocycles. The highest BCUT2D eigenvalue weighted by atomic mass is 32.1. The van der Waals surface area contributed by atoms with Gasteiger partial charge in [0.05, 0.1) is 11.1 Å². The molecule has 122 valence electrons. The van der Waals surface area contributed by atoms with Crippen LogP contribution in [0.25, 0.3) is 10.9 Å². The minimum atomic E-state index is -0.0964. The number of carbonyl (C=O) groups excluding carboxylic acids is 1. The summed E-state index contributed by atoms with van der Waals surface area (Å²) in [6.07, 6.45) is 5.32. The number of carbonyl (C=O) groups is 1. The second-order valence-corrected chi connectivity index (χ2v) is 6.72. The van der Waals surface area contributed by atoms with Crippen molar-refractivity contribution >= 4 is 39.7 Å². The summed E-state index contributed by atoms with van der Waals surface area (Å²) in [5.74, 6) is 0.899. The van der Waals surface area contributed by atoms with Crippen molar-refractivity contribution in [1.82, 2.24) is 9.97 Å². The second-order valence-electron chi connectivity index (χ2n) is 5.94. The van der Waals surface area contributed by atoms with Crippen molar-refractivity contribution in [3.8, 4) is 0 Å². The maximum atomic E-state index is 12.2. The molecule has 0 spiro atoms. The van der Waals surface area contributed by atoms with E-state index < -0.39 is 0 Å². The zero-order valence-corrected chi connectivity index (χ0v) is 14.1. The molecule has 1 fully saturated rings. The monoisotopic (exact) mass is 338 g/mol. The minimum absolute atomic E-state index is 0.0964. The van der Waals surface area contributed by atoms with Gasteiger partial charge in [0, 0.05) is 29.5 Å². The van der Waals surface area contributed by atoms with Gasteiger partial charge in [0.15, 0.2) is 0 Å². The Morgan fingerprint density at radius 1 is 1.12 bits per heavy atom. The van der Waals surface area contributed by atoms with Crippen LogP contribution < -0.4 is 10.2 Å². The van der Waals surface area contributed by atoms with Gasteiger partial charge in [0.1, 0.15) is 12.1 Å². The molecule has 1 N–H and O–H groups in total. The summed E-state index contributed by atoms with van der Waals surface area (Å²) < 4.78 is 0. The van der Waals surface area contributed by atoms with Gasteiger partial charge in [-0.2, -0.15) is 11.3 Å². The Kier molecular flexibility index (Phi) is 4.13. The summed E-state index contributed by atoms with van der Waals surface area (Å²) >= 11 is 1.51. The first-order chi connectivity index (χ1) is 11.8. The van der Waals surface area contributed by atoms with Crippen LogP contribution in [-0.2, 0) is 0 Å². The summed E-state index contributed by atoms with van der Waals surface area (Å²) in [5.41, 5.74) is 2.28. The zero-order chi connectivity index (χ0) is 16.4. The average molecular weight is 338 g/mol. The van der Waals surface area contributed by atoms with Crippen LogP contribution in [0.3, 0.4) is 0 Å². The van der Waals surface area contributed by atoms with Crippen molar-refractivity contribution in [1.29, 1.82) is 0 Å². The van der Waals surface area contributed by atoms with E-state index in [1.807, 2.05) is 35.0 Å². The summed E-state index contributed by atoms with van der Waals surface area (Å²) in [6, 6.07) is 7.65. The summed E-state index contributed by atoms with van der Waals surface area (Å²) in [5, 5.41) is 7.70. The van der Waals surface area contributed by atoms with Gasteiger partial charge in [-0.25, -0.2) is 9.97 Å². The summed E-state index contributed by atoms with van der Waals surface area (Å²) in [6.45, 7) is 2.09. The normalized spacial score (nSPS) is 14.8. The Labute approximate surface area is 144 Å². The van der Waals surface area contributed by atoms with Gasteiger partial charge < -0.3 is 10.2 Å². The van der Waals surface area contributed by atoms with E-state index in [0.717, 1.165) is 35.5 Å². The first-order valence-corrected chi connectivity index (χ1v) is 9.09. The number of amides is 1. The van der Waals surface area contributed by atoms with Crippen molar-refractivity contribution < 1.29 is 4.79 Å². The lowest BCUT2D eigenvalue weighted by Crippen LogP contribution is -2.30. The van der Waals surface area contributed by atoms with E-state index in [1.54, 1.807) is 6.33 Å². The molecule has 0 saturated carbocycles. The van der Waals surface area contributed by atoms with E-state index in [9.17, 15) is 4.79 Å². The third kappa shape index (κ3) is 2.97. The van der Waals surface area contributed by atoms with Crippen molar-refractivity contribution in [2.45, 2.75) is 19.3 Å². The topological polar surface area (TPSA) is 58.1 Å². The SMILES string of the molecule is O=C(Nc1ccc2c(N3CCCCC3)ncnc2c1)c1ccsc1. The molecule has 1 amide bonds. The Morgan fingerprint density at radius 3 is 2.79 bits per heavy atom. The molecule has 6 heteroatoms. The number of rotatable bonds is 3. The van der Waals surface area contributed by atoms with E-state index in [2.05, 4.69) is 20.2 Å². The van der Waals surface area contributed by atoms with E-state index in [0.29, 0.717) is 5.56 Å². The molecule has 0 atom stereocenters. The van der Waals surface area contributed by atoms with E-state index >= 15 is 0 Å². The molecule has 1 aromatic carbocycles. The standard InChI is InChI=1S/C18H18N4OS/c23-18(13-6-9-24-11-13)21-14-4-5-15-16(10-14)19-12-20-17(15)22-7-2-1-3-8-22/h4-6,9-12H,1-3,7-8H2,(H,21,23). The van der Waals surface area contributed by atoms with Gasteiger partial charge in [-0.05, 0) is 48.9 Å². The van der Waals surface area contributed by atoms with Crippen molar-refractivity contribution in [3.63, 3.8) is 0 Å². The van der Waals surface area contributed by atoms with E-state index in [4.69, 9.17) is 0 Å². The molecule has 5 nitrogen and oxygen atoms in total. The van der Waals surface area contributed by atoms with Gasteiger partial charge in [-0.3, -0.25) is 4.79 Å². The third-order valence-electron chi connectivity index (χ3n) is 4.31. The third-order valence-corrected chi connectivity index (χ3v) is 5.00. The Bertz CT molecular complexity index is 857. The lowest BCUT2D eigenvalue weighted by atomic mass is 10.1. The zero-order valence-electron chi connectivity index (χ0n) is 13.2. The minimum Gasteiger partial charge on any atom is -0.356 e. The van der Waals surface area contributed by atoms with Crippen LogP contribution in [0.5, 0.6) is 0 Å². The molecule has 4 rings (SSSR count). The molecular formula is C18H18N4OS. The summed E-state index contributed by atoms with van der Waals surface area (Å²) in [4.78, 5) is 23.4. The van der Waals surface area contributed by atoms with Crippen LogP contribution in [0.2, 0.25) is 0 Å². The number of nitrogens with one attached hydrogen (secondary N) is 1. The van der Waals surface area contributed by atoms with Crippen LogP contribution in [0.15, 0.2) is 41.4 Å². The first kappa shape index (κ1) is 15.1. The molecule has 3 aromatic rings. The fourth-order valence-corrected chi connectivity index (χ4v) is 3.71. The lowest BCUT2D eigenvalue weighted by Gasteiger charge is -2.28. The first-order valence-electron chi connectivity index (χ1n) is 8.14. The van der Waals surface area contributed by atoms with Crippen molar-refractivity contribution in [2.75, 3.05) is 23.3 Å². The molecule has 0 aliphatic carbocycles. The molecule has 1 aliphatic rings. The number of aromatic nitrogens is 2. The Morgan fingerprint density at radius 2 is 2.00 bits per heavy atom. The number of fused-ring (bicyclic) bond motifs is 1. The van der Waals surface area contributed by atoms with Gasteiger partial charge in [-0.15, -0.1) is 0 Å². The average Bonchev–Trinajstić information content (AvgIpc) is 3.16. The number of nitrogens with zero attached hydrogens (tertiary/aromatic N) is 3. The molecule has 0 radical (unpaired) electrons. The number of piperidine rings is 1. The lowest BCUT2D eigenvalue weighted by molar-refractivity contribution is 0.102. The smallest absolute Gasteiger partial charge is 0.256 e. The van der Waals surface area contributed by atoms with Crippen molar-refractivity contribution in [2.24, 2.45) is 0 Å². The molecule has 2 aromatic heterocycles. The fourth-order valence-electron chi connectivity index (χ4n) is 3.08. The maximum Gasteiger partial charge on any atom is 0.256 e. The largest absolute Gasteiger partial charge is 0.356 e. The van der Waals surface area contributed by atoms with Crippen LogP contribution in [-0.4, -0.2) is 29.0 Å². The maximum absolute atomic E-state index is 12.2. The number of thiophene rings is 1. The Hall–Kier alpha value is -2.47. The molecule has 0 unspecified atom stereocenters.